The zero-order valence-electron chi connectivity index (χ0n) is 14.4. The Morgan fingerprint density at radius 1 is 0.880 bits per heavy atom. The topological polar surface area (TPSA) is 49.8 Å². The molecule has 3 rings (SSSR count). The van der Waals surface area contributed by atoms with Gasteiger partial charge in [0.15, 0.2) is 0 Å². The van der Waals surface area contributed by atoms with Crippen LogP contribution in [0.1, 0.15) is 17.0 Å². The van der Waals surface area contributed by atoms with Gasteiger partial charge >= 0.3 is 0 Å². The summed E-state index contributed by atoms with van der Waals surface area (Å²) >= 11 is 0. The highest BCUT2D eigenvalue weighted by Crippen LogP contribution is 2.18. The molecule has 4 nitrogen and oxygen atoms in total. The first-order valence-electron chi connectivity index (χ1n) is 8.26. The Balaban J connectivity index is 1.62. The number of benzene rings is 2. The van der Waals surface area contributed by atoms with Crippen molar-refractivity contribution < 1.29 is 4.39 Å². The lowest BCUT2D eigenvalue weighted by Crippen LogP contribution is -2.08. The van der Waals surface area contributed by atoms with Gasteiger partial charge in [-0.15, -0.1) is 0 Å². The molecule has 0 bridgehead atoms. The SMILES string of the molecule is Cc1ccc(Nc2cc(NCCc3ccc(F)cc3)nc(C)n2)cc1. The molecule has 0 saturated carbocycles. The summed E-state index contributed by atoms with van der Waals surface area (Å²) in [6, 6.07) is 16.6. The summed E-state index contributed by atoms with van der Waals surface area (Å²) in [4.78, 5) is 8.84. The first-order valence-corrected chi connectivity index (χ1v) is 8.26. The van der Waals surface area contributed by atoms with E-state index in [0.717, 1.165) is 29.3 Å². The summed E-state index contributed by atoms with van der Waals surface area (Å²) < 4.78 is 12.9. The number of rotatable bonds is 6. The Labute approximate surface area is 147 Å². The van der Waals surface area contributed by atoms with Crippen LogP contribution in [-0.4, -0.2) is 16.5 Å². The predicted molar refractivity (Wildman–Crippen MR) is 99.8 cm³/mol. The van der Waals surface area contributed by atoms with Crippen LogP contribution in [-0.2, 0) is 6.42 Å². The van der Waals surface area contributed by atoms with E-state index in [1.165, 1.54) is 17.7 Å². The van der Waals surface area contributed by atoms with Gasteiger partial charge in [0.2, 0.25) is 0 Å². The molecular formula is C20H21FN4. The van der Waals surface area contributed by atoms with Crippen molar-refractivity contribution in [3.05, 3.63) is 77.4 Å². The summed E-state index contributed by atoms with van der Waals surface area (Å²) in [7, 11) is 0. The van der Waals surface area contributed by atoms with E-state index in [2.05, 4.69) is 39.7 Å². The Morgan fingerprint density at radius 3 is 2.28 bits per heavy atom. The molecule has 2 N–H and O–H groups in total. The van der Waals surface area contributed by atoms with Crippen molar-refractivity contribution in [1.82, 2.24) is 9.97 Å². The third-order valence-corrected chi connectivity index (χ3v) is 3.79. The predicted octanol–water partition coefficient (Wildman–Crippen LogP) is 4.63. The fourth-order valence-electron chi connectivity index (χ4n) is 2.49. The van der Waals surface area contributed by atoms with Gasteiger partial charge in [-0.2, -0.15) is 0 Å². The van der Waals surface area contributed by atoms with Crippen LogP contribution in [0, 0.1) is 19.7 Å². The number of anilines is 3. The zero-order chi connectivity index (χ0) is 17.6. The normalized spacial score (nSPS) is 10.5. The summed E-state index contributed by atoms with van der Waals surface area (Å²) in [6.45, 7) is 4.64. The molecule has 5 heteroatoms. The van der Waals surface area contributed by atoms with Gasteiger partial charge in [0.05, 0.1) is 0 Å². The number of aromatic nitrogens is 2. The molecule has 0 fully saturated rings. The molecule has 0 aliphatic carbocycles. The minimum absolute atomic E-state index is 0.213. The van der Waals surface area contributed by atoms with E-state index in [1.54, 1.807) is 12.1 Å². The first kappa shape index (κ1) is 16.9. The van der Waals surface area contributed by atoms with E-state index in [0.29, 0.717) is 12.4 Å². The molecule has 0 spiro atoms. The van der Waals surface area contributed by atoms with Crippen LogP contribution in [0.3, 0.4) is 0 Å². The number of nitrogens with one attached hydrogen (secondary N) is 2. The smallest absolute Gasteiger partial charge is 0.136 e. The highest BCUT2D eigenvalue weighted by molar-refractivity contribution is 5.59. The lowest BCUT2D eigenvalue weighted by molar-refractivity contribution is 0.627. The van der Waals surface area contributed by atoms with Crippen LogP contribution in [0.5, 0.6) is 0 Å². The number of nitrogens with zero attached hydrogens (tertiary/aromatic N) is 2. The molecule has 3 aromatic rings. The van der Waals surface area contributed by atoms with Crippen LogP contribution in [0.2, 0.25) is 0 Å². The van der Waals surface area contributed by atoms with E-state index in [1.807, 2.05) is 25.1 Å². The molecule has 0 amide bonds. The molecule has 25 heavy (non-hydrogen) atoms. The van der Waals surface area contributed by atoms with Crippen molar-refractivity contribution in [1.29, 1.82) is 0 Å². The second-order valence-corrected chi connectivity index (χ2v) is 5.98. The maximum atomic E-state index is 12.9. The first-order chi connectivity index (χ1) is 12.1. The molecule has 1 heterocycles. The minimum atomic E-state index is -0.213. The van der Waals surface area contributed by atoms with Crippen LogP contribution < -0.4 is 10.6 Å². The van der Waals surface area contributed by atoms with E-state index in [4.69, 9.17) is 0 Å². The third-order valence-electron chi connectivity index (χ3n) is 3.79. The fourth-order valence-corrected chi connectivity index (χ4v) is 2.49. The quantitative estimate of drug-likeness (QED) is 0.689. The maximum Gasteiger partial charge on any atom is 0.136 e. The molecule has 0 unspecified atom stereocenters. The van der Waals surface area contributed by atoms with Gasteiger partial charge < -0.3 is 10.6 Å². The maximum absolute atomic E-state index is 12.9. The van der Waals surface area contributed by atoms with Gasteiger partial charge in [0, 0.05) is 18.3 Å². The second kappa shape index (κ2) is 7.75. The highest BCUT2D eigenvalue weighted by Gasteiger charge is 2.03. The average Bonchev–Trinajstić information content (AvgIpc) is 2.58. The molecule has 0 aliphatic rings. The molecule has 0 radical (unpaired) electrons. The van der Waals surface area contributed by atoms with Crippen LogP contribution in [0.25, 0.3) is 0 Å². The molecule has 0 atom stereocenters. The van der Waals surface area contributed by atoms with Gasteiger partial charge in [0.25, 0.3) is 0 Å². The van der Waals surface area contributed by atoms with Gasteiger partial charge in [-0.3, -0.25) is 0 Å². The standard InChI is InChI=1S/C20H21FN4/c1-14-3-9-18(10-4-14)25-20-13-19(23-15(2)24-20)22-12-11-16-5-7-17(21)8-6-16/h3-10,13H,11-12H2,1-2H3,(H2,22,23,24,25). The number of hydrogen-bond acceptors (Lipinski definition) is 4. The highest BCUT2D eigenvalue weighted by atomic mass is 19.1. The monoisotopic (exact) mass is 336 g/mol. The zero-order valence-corrected chi connectivity index (χ0v) is 14.4. The fraction of sp³-hybridized carbons (Fsp3) is 0.200. The second-order valence-electron chi connectivity index (χ2n) is 5.98. The number of hydrogen-bond donors (Lipinski definition) is 2. The van der Waals surface area contributed by atoms with E-state index in [9.17, 15) is 4.39 Å². The molecule has 128 valence electrons. The van der Waals surface area contributed by atoms with Crippen molar-refractivity contribution in [2.45, 2.75) is 20.3 Å². The number of aryl methyl sites for hydroxylation is 2. The van der Waals surface area contributed by atoms with Crippen molar-refractivity contribution in [2.24, 2.45) is 0 Å². The molecular weight excluding hydrogens is 315 g/mol. The Morgan fingerprint density at radius 2 is 1.56 bits per heavy atom. The molecule has 0 aliphatic heterocycles. The Hall–Kier alpha value is -2.95. The van der Waals surface area contributed by atoms with Gasteiger partial charge in [-0.25, -0.2) is 14.4 Å². The third kappa shape index (κ3) is 5.01. The number of halogens is 1. The van der Waals surface area contributed by atoms with Crippen LogP contribution in [0.15, 0.2) is 54.6 Å². The lowest BCUT2D eigenvalue weighted by atomic mass is 10.1. The van der Waals surface area contributed by atoms with Crippen molar-refractivity contribution >= 4 is 17.3 Å². The summed E-state index contributed by atoms with van der Waals surface area (Å²) in [5.74, 6) is 2.00. The largest absolute Gasteiger partial charge is 0.370 e. The van der Waals surface area contributed by atoms with Crippen LogP contribution in [0.4, 0.5) is 21.7 Å². The molecule has 0 saturated heterocycles. The molecule has 1 aromatic heterocycles. The van der Waals surface area contributed by atoms with Crippen LogP contribution >= 0.6 is 0 Å². The van der Waals surface area contributed by atoms with Gasteiger partial charge in [0.1, 0.15) is 23.3 Å². The van der Waals surface area contributed by atoms with Crippen molar-refractivity contribution in [3.63, 3.8) is 0 Å². The lowest BCUT2D eigenvalue weighted by Gasteiger charge is -2.10. The minimum Gasteiger partial charge on any atom is -0.370 e. The average molecular weight is 336 g/mol. The Bertz CT molecular complexity index is 829. The van der Waals surface area contributed by atoms with Crippen molar-refractivity contribution in [3.8, 4) is 0 Å². The van der Waals surface area contributed by atoms with E-state index >= 15 is 0 Å². The van der Waals surface area contributed by atoms with Gasteiger partial charge in [-0.05, 0) is 50.1 Å². The summed E-state index contributed by atoms with van der Waals surface area (Å²) in [5, 5.41) is 6.59. The summed E-state index contributed by atoms with van der Waals surface area (Å²) in [5.41, 5.74) is 3.28. The Kier molecular flexibility index (Phi) is 5.23. The van der Waals surface area contributed by atoms with Gasteiger partial charge in [-0.1, -0.05) is 29.8 Å². The summed E-state index contributed by atoms with van der Waals surface area (Å²) in [6.07, 6.45) is 0.796. The molecule has 2 aromatic carbocycles. The van der Waals surface area contributed by atoms with E-state index < -0.39 is 0 Å². The van der Waals surface area contributed by atoms with E-state index in [-0.39, 0.29) is 5.82 Å². The van der Waals surface area contributed by atoms with Crippen molar-refractivity contribution in [2.75, 3.05) is 17.2 Å².